The molecule has 2 aromatic carbocycles. The van der Waals surface area contributed by atoms with Crippen molar-refractivity contribution >= 4 is 11.9 Å². The molecule has 158 valence electrons. The molecule has 5 nitrogen and oxygen atoms in total. The predicted octanol–water partition coefficient (Wildman–Crippen LogP) is 5.64. The molecular weight excluding hydrogens is 389 g/mol. The molecule has 0 aliphatic heterocycles. The van der Waals surface area contributed by atoms with Crippen molar-refractivity contribution in [1.29, 1.82) is 0 Å². The van der Waals surface area contributed by atoms with Gasteiger partial charge < -0.3 is 14.9 Å². The summed E-state index contributed by atoms with van der Waals surface area (Å²) in [5.74, 6) is -2.87. The van der Waals surface area contributed by atoms with E-state index in [9.17, 15) is 18.0 Å². The predicted molar refractivity (Wildman–Crippen MR) is 102 cm³/mol. The van der Waals surface area contributed by atoms with E-state index < -0.39 is 18.1 Å². The number of rotatable bonds is 8. The van der Waals surface area contributed by atoms with Crippen LogP contribution in [0.5, 0.6) is 5.75 Å². The van der Waals surface area contributed by atoms with Crippen molar-refractivity contribution in [2.24, 2.45) is 0 Å². The average molecular weight is 412 g/mol. The highest BCUT2D eigenvalue weighted by atomic mass is 19.4. The highest BCUT2D eigenvalue weighted by Crippen LogP contribution is 2.30. The average Bonchev–Trinajstić information content (AvgIpc) is 2.68. The number of unbranched alkanes of at least 4 members (excludes halogenated alkanes) is 3. The summed E-state index contributed by atoms with van der Waals surface area (Å²) in [6, 6.07) is 14.7. The Bertz CT molecular complexity index is 803. The lowest BCUT2D eigenvalue weighted by molar-refractivity contribution is -0.192. The van der Waals surface area contributed by atoms with E-state index in [0.29, 0.717) is 6.61 Å². The second-order valence-corrected chi connectivity index (χ2v) is 6.09. The van der Waals surface area contributed by atoms with Gasteiger partial charge in [-0.15, -0.1) is 0 Å². The number of carboxylic acids is 2. The van der Waals surface area contributed by atoms with Crippen LogP contribution in [0.1, 0.15) is 43.0 Å². The van der Waals surface area contributed by atoms with Gasteiger partial charge in [0.05, 0.1) is 12.2 Å². The molecule has 0 fully saturated rings. The number of halogens is 3. The molecule has 0 atom stereocenters. The number of benzene rings is 2. The lowest BCUT2D eigenvalue weighted by Gasteiger charge is -2.12. The minimum absolute atomic E-state index is 0.287. The molecule has 0 unspecified atom stereocenters. The summed E-state index contributed by atoms with van der Waals surface area (Å²) in [5, 5.41) is 16.2. The molecule has 0 amide bonds. The number of alkyl halides is 3. The quantitative estimate of drug-likeness (QED) is 0.548. The van der Waals surface area contributed by atoms with Gasteiger partial charge in [-0.25, -0.2) is 9.59 Å². The van der Waals surface area contributed by atoms with Gasteiger partial charge in [-0.05, 0) is 30.2 Å². The van der Waals surface area contributed by atoms with Crippen LogP contribution in [-0.4, -0.2) is 34.9 Å². The fraction of sp³-hybridized carbons (Fsp3) is 0.333. The van der Waals surface area contributed by atoms with Crippen LogP contribution in [0.25, 0.3) is 11.1 Å². The van der Waals surface area contributed by atoms with Gasteiger partial charge in [-0.1, -0.05) is 56.5 Å². The smallest absolute Gasteiger partial charge is 0.490 e. The normalized spacial score (nSPS) is 10.6. The number of ether oxygens (including phenoxy) is 1. The molecule has 0 bridgehead atoms. The van der Waals surface area contributed by atoms with E-state index in [0.717, 1.165) is 23.3 Å². The summed E-state index contributed by atoms with van der Waals surface area (Å²) >= 11 is 0. The highest BCUT2D eigenvalue weighted by molar-refractivity contribution is 5.89. The van der Waals surface area contributed by atoms with E-state index in [1.165, 1.54) is 19.3 Å². The third kappa shape index (κ3) is 8.68. The van der Waals surface area contributed by atoms with Gasteiger partial charge in [0.1, 0.15) is 5.75 Å². The van der Waals surface area contributed by atoms with E-state index in [4.69, 9.17) is 19.7 Å². The SMILES string of the molecule is CCCCCCOc1ccccc1-c1cccc(C(=O)O)c1.O=C(O)C(F)(F)F. The zero-order valence-corrected chi connectivity index (χ0v) is 15.9. The van der Waals surface area contributed by atoms with Gasteiger partial charge in [-0.3, -0.25) is 0 Å². The Morgan fingerprint density at radius 1 is 0.966 bits per heavy atom. The Kier molecular flexibility index (Phi) is 9.71. The largest absolute Gasteiger partial charge is 0.493 e. The first-order valence-electron chi connectivity index (χ1n) is 9.02. The van der Waals surface area contributed by atoms with Crippen LogP contribution < -0.4 is 4.74 Å². The third-order valence-electron chi connectivity index (χ3n) is 3.81. The molecule has 2 rings (SSSR count). The first kappa shape index (κ1) is 24.0. The maximum atomic E-state index is 11.1. The highest BCUT2D eigenvalue weighted by Gasteiger charge is 2.38. The van der Waals surface area contributed by atoms with Crippen molar-refractivity contribution in [2.75, 3.05) is 6.61 Å². The molecule has 2 aromatic rings. The van der Waals surface area contributed by atoms with Gasteiger partial charge in [0, 0.05) is 5.56 Å². The van der Waals surface area contributed by atoms with Crippen LogP contribution >= 0.6 is 0 Å². The Morgan fingerprint density at radius 3 is 2.21 bits per heavy atom. The Labute approximate surface area is 166 Å². The van der Waals surface area contributed by atoms with Crippen molar-refractivity contribution < 1.29 is 37.7 Å². The molecular formula is C21H23F3O5. The minimum Gasteiger partial charge on any atom is -0.493 e. The van der Waals surface area contributed by atoms with E-state index in [1.807, 2.05) is 30.3 Å². The molecule has 29 heavy (non-hydrogen) atoms. The standard InChI is InChI=1S/C19H22O3.C2HF3O2/c1-2-3-4-7-13-22-18-12-6-5-11-17(18)15-9-8-10-16(14-15)19(20)21;3-2(4,5)1(6)7/h5-6,8-12,14H,2-4,7,13H2,1H3,(H,20,21);(H,6,7). The number of carboxylic acid groups (broad SMARTS) is 2. The summed E-state index contributed by atoms with van der Waals surface area (Å²) in [4.78, 5) is 20.0. The Hall–Kier alpha value is -3.03. The van der Waals surface area contributed by atoms with Gasteiger partial charge >= 0.3 is 18.1 Å². The zero-order chi connectivity index (χ0) is 21.9. The first-order chi connectivity index (χ1) is 13.7. The van der Waals surface area contributed by atoms with Crippen LogP contribution in [0, 0.1) is 0 Å². The lowest BCUT2D eigenvalue weighted by Crippen LogP contribution is -2.21. The van der Waals surface area contributed by atoms with Crippen molar-refractivity contribution in [3.63, 3.8) is 0 Å². The minimum atomic E-state index is -5.08. The van der Waals surface area contributed by atoms with Crippen LogP contribution in [0.2, 0.25) is 0 Å². The number of aromatic carboxylic acids is 1. The maximum absolute atomic E-state index is 11.1. The number of hydrogen-bond donors (Lipinski definition) is 2. The van der Waals surface area contributed by atoms with Crippen molar-refractivity contribution in [1.82, 2.24) is 0 Å². The maximum Gasteiger partial charge on any atom is 0.490 e. The number of aliphatic carboxylic acids is 1. The monoisotopic (exact) mass is 412 g/mol. The molecule has 0 aromatic heterocycles. The molecule has 0 heterocycles. The number of carbonyl (C=O) groups is 2. The molecule has 0 aliphatic rings. The van der Waals surface area contributed by atoms with Gasteiger partial charge in [-0.2, -0.15) is 13.2 Å². The fourth-order valence-corrected chi connectivity index (χ4v) is 2.36. The van der Waals surface area contributed by atoms with Crippen molar-refractivity contribution in [3.8, 4) is 16.9 Å². The zero-order valence-electron chi connectivity index (χ0n) is 15.9. The van der Waals surface area contributed by atoms with E-state index in [-0.39, 0.29) is 5.56 Å². The summed E-state index contributed by atoms with van der Waals surface area (Å²) in [7, 11) is 0. The fourth-order valence-electron chi connectivity index (χ4n) is 2.36. The molecule has 0 spiro atoms. The van der Waals surface area contributed by atoms with Gasteiger partial charge in [0.2, 0.25) is 0 Å². The lowest BCUT2D eigenvalue weighted by atomic mass is 10.0. The first-order valence-corrected chi connectivity index (χ1v) is 9.02. The topological polar surface area (TPSA) is 83.8 Å². The van der Waals surface area contributed by atoms with Crippen LogP contribution in [0.4, 0.5) is 13.2 Å². The third-order valence-corrected chi connectivity index (χ3v) is 3.81. The second kappa shape index (κ2) is 11.7. The molecule has 0 saturated carbocycles. The van der Waals surface area contributed by atoms with E-state index >= 15 is 0 Å². The van der Waals surface area contributed by atoms with Crippen molar-refractivity contribution in [3.05, 3.63) is 54.1 Å². The summed E-state index contributed by atoms with van der Waals surface area (Å²) in [5.41, 5.74) is 2.08. The molecule has 2 N–H and O–H groups in total. The molecule has 0 saturated heterocycles. The van der Waals surface area contributed by atoms with E-state index in [2.05, 4.69) is 6.92 Å². The number of hydrogen-bond acceptors (Lipinski definition) is 3. The van der Waals surface area contributed by atoms with Crippen molar-refractivity contribution in [2.45, 2.75) is 38.8 Å². The van der Waals surface area contributed by atoms with Crippen LogP contribution in [0.3, 0.4) is 0 Å². The Morgan fingerprint density at radius 2 is 1.62 bits per heavy atom. The second-order valence-electron chi connectivity index (χ2n) is 6.09. The van der Waals surface area contributed by atoms with Crippen LogP contribution in [0.15, 0.2) is 48.5 Å². The summed E-state index contributed by atoms with van der Waals surface area (Å²) in [6.07, 6.45) is -0.436. The van der Waals surface area contributed by atoms with Gasteiger partial charge in [0.15, 0.2) is 0 Å². The summed E-state index contributed by atoms with van der Waals surface area (Å²) < 4.78 is 37.6. The summed E-state index contributed by atoms with van der Waals surface area (Å²) in [6.45, 7) is 2.88. The van der Waals surface area contributed by atoms with Gasteiger partial charge in [0.25, 0.3) is 0 Å². The molecule has 0 aliphatic carbocycles. The Balaban J connectivity index is 0.000000516. The van der Waals surface area contributed by atoms with E-state index in [1.54, 1.807) is 18.2 Å². The number of para-hydroxylation sites is 1. The molecule has 8 heteroatoms. The van der Waals surface area contributed by atoms with Crippen LogP contribution in [-0.2, 0) is 4.79 Å². The molecule has 0 radical (unpaired) electrons.